The van der Waals surface area contributed by atoms with E-state index in [1.807, 2.05) is 12.1 Å². The second kappa shape index (κ2) is 11.1. The van der Waals surface area contributed by atoms with E-state index < -0.39 is 0 Å². The van der Waals surface area contributed by atoms with E-state index in [1.54, 1.807) is 17.6 Å². The summed E-state index contributed by atoms with van der Waals surface area (Å²) in [6, 6.07) is 8.78. The lowest BCUT2D eigenvalue weighted by Crippen LogP contribution is -2.42. The van der Waals surface area contributed by atoms with Crippen molar-refractivity contribution in [1.82, 2.24) is 15.5 Å². The molecule has 2 aromatic heterocycles. The standard InChI is InChI=1S/C21H32N4OS/c1-18(25-13-3-2-4-14-25)9-11-22-21(24-17-20-8-6-16-27-20)23-12-10-19-7-5-15-26-19/h5-8,15-16,18H,2-4,9-14,17H2,1H3,(H2,22,23,24). The Morgan fingerprint density at radius 1 is 1.19 bits per heavy atom. The van der Waals surface area contributed by atoms with Gasteiger partial charge in [0.1, 0.15) is 5.76 Å². The van der Waals surface area contributed by atoms with Gasteiger partial charge in [-0.15, -0.1) is 11.3 Å². The summed E-state index contributed by atoms with van der Waals surface area (Å²) in [5.41, 5.74) is 0. The van der Waals surface area contributed by atoms with Crippen LogP contribution in [-0.4, -0.2) is 43.1 Å². The fraction of sp³-hybridized carbons (Fsp3) is 0.571. The highest BCUT2D eigenvalue weighted by atomic mass is 32.1. The molecule has 2 N–H and O–H groups in total. The number of likely N-dealkylation sites (tertiary alicyclic amines) is 1. The normalized spacial score (nSPS) is 17.0. The molecule has 0 spiro atoms. The molecule has 0 aliphatic carbocycles. The molecule has 0 bridgehead atoms. The van der Waals surface area contributed by atoms with Crippen LogP contribution in [-0.2, 0) is 13.0 Å². The second-order valence-corrected chi connectivity index (χ2v) is 8.19. The number of nitrogens with one attached hydrogen (secondary N) is 2. The highest BCUT2D eigenvalue weighted by Crippen LogP contribution is 2.13. The second-order valence-electron chi connectivity index (χ2n) is 7.16. The largest absolute Gasteiger partial charge is 0.469 e. The molecule has 5 nitrogen and oxygen atoms in total. The molecule has 1 unspecified atom stereocenters. The van der Waals surface area contributed by atoms with Gasteiger partial charge >= 0.3 is 0 Å². The summed E-state index contributed by atoms with van der Waals surface area (Å²) in [4.78, 5) is 8.66. The quantitative estimate of drug-likeness (QED) is 0.506. The van der Waals surface area contributed by atoms with Crippen LogP contribution in [0.1, 0.15) is 43.2 Å². The van der Waals surface area contributed by atoms with Crippen molar-refractivity contribution in [2.75, 3.05) is 26.2 Å². The first kappa shape index (κ1) is 20.0. The zero-order valence-electron chi connectivity index (χ0n) is 16.3. The third-order valence-electron chi connectivity index (χ3n) is 5.09. The molecule has 3 rings (SSSR count). The monoisotopic (exact) mass is 388 g/mol. The third-order valence-corrected chi connectivity index (χ3v) is 5.95. The van der Waals surface area contributed by atoms with Crippen LogP contribution in [0.5, 0.6) is 0 Å². The molecule has 148 valence electrons. The summed E-state index contributed by atoms with van der Waals surface area (Å²) in [5, 5.41) is 9.06. The van der Waals surface area contributed by atoms with Gasteiger partial charge in [-0.05, 0) is 62.9 Å². The molecule has 2 aromatic rings. The van der Waals surface area contributed by atoms with Gasteiger partial charge in [0, 0.05) is 30.4 Å². The van der Waals surface area contributed by atoms with E-state index in [4.69, 9.17) is 9.41 Å². The number of furan rings is 1. The van der Waals surface area contributed by atoms with Crippen molar-refractivity contribution >= 4 is 17.3 Å². The van der Waals surface area contributed by atoms with E-state index in [1.165, 1.54) is 37.2 Å². The first-order valence-corrected chi connectivity index (χ1v) is 11.0. The zero-order chi connectivity index (χ0) is 18.7. The van der Waals surface area contributed by atoms with Crippen molar-refractivity contribution in [2.24, 2.45) is 4.99 Å². The zero-order valence-corrected chi connectivity index (χ0v) is 17.1. The molecule has 1 aliphatic heterocycles. The van der Waals surface area contributed by atoms with Crippen molar-refractivity contribution in [2.45, 2.75) is 51.6 Å². The number of piperidine rings is 1. The molecular weight excluding hydrogens is 356 g/mol. The number of nitrogens with zero attached hydrogens (tertiary/aromatic N) is 2. The van der Waals surface area contributed by atoms with Gasteiger partial charge in [0.2, 0.25) is 0 Å². The van der Waals surface area contributed by atoms with Gasteiger partial charge < -0.3 is 20.0 Å². The Labute approximate surface area is 166 Å². The molecule has 27 heavy (non-hydrogen) atoms. The Bertz CT molecular complexity index is 648. The van der Waals surface area contributed by atoms with E-state index >= 15 is 0 Å². The Balaban J connectivity index is 1.45. The van der Waals surface area contributed by atoms with Crippen LogP contribution in [0.4, 0.5) is 0 Å². The van der Waals surface area contributed by atoms with E-state index in [0.29, 0.717) is 6.04 Å². The van der Waals surface area contributed by atoms with Crippen molar-refractivity contribution in [3.8, 4) is 0 Å². The number of guanidine groups is 1. The summed E-state index contributed by atoms with van der Waals surface area (Å²) < 4.78 is 5.41. The van der Waals surface area contributed by atoms with Crippen molar-refractivity contribution in [3.05, 3.63) is 46.5 Å². The fourth-order valence-electron chi connectivity index (χ4n) is 3.43. The molecule has 6 heteroatoms. The number of hydrogen-bond donors (Lipinski definition) is 2. The van der Waals surface area contributed by atoms with Gasteiger partial charge in [0.25, 0.3) is 0 Å². The van der Waals surface area contributed by atoms with Crippen LogP contribution in [0.2, 0.25) is 0 Å². The molecule has 1 fully saturated rings. The van der Waals surface area contributed by atoms with Crippen LogP contribution < -0.4 is 10.6 Å². The van der Waals surface area contributed by atoms with Gasteiger partial charge in [-0.1, -0.05) is 12.5 Å². The maximum atomic E-state index is 5.41. The van der Waals surface area contributed by atoms with Gasteiger partial charge in [-0.25, -0.2) is 4.99 Å². The molecule has 0 saturated carbocycles. The van der Waals surface area contributed by atoms with Crippen LogP contribution in [0.3, 0.4) is 0 Å². The van der Waals surface area contributed by atoms with E-state index in [2.05, 4.69) is 40.0 Å². The molecule has 1 aliphatic rings. The van der Waals surface area contributed by atoms with Gasteiger partial charge in [-0.3, -0.25) is 0 Å². The van der Waals surface area contributed by atoms with Crippen LogP contribution in [0, 0.1) is 0 Å². The Morgan fingerprint density at radius 2 is 2.04 bits per heavy atom. The minimum Gasteiger partial charge on any atom is -0.469 e. The van der Waals surface area contributed by atoms with Crippen LogP contribution >= 0.6 is 11.3 Å². The number of rotatable bonds is 9. The lowest BCUT2D eigenvalue weighted by Gasteiger charge is -2.32. The molecule has 1 saturated heterocycles. The average Bonchev–Trinajstić information content (AvgIpc) is 3.40. The molecule has 0 radical (unpaired) electrons. The SMILES string of the molecule is CC(CCNC(=NCc1cccs1)NCCc1ccco1)N1CCCCC1. The highest BCUT2D eigenvalue weighted by Gasteiger charge is 2.16. The van der Waals surface area contributed by atoms with Crippen molar-refractivity contribution in [3.63, 3.8) is 0 Å². The molecular formula is C21H32N4OS. The maximum Gasteiger partial charge on any atom is 0.191 e. The van der Waals surface area contributed by atoms with Crippen molar-refractivity contribution in [1.29, 1.82) is 0 Å². The summed E-state index contributed by atoms with van der Waals surface area (Å²) in [5.74, 6) is 1.89. The van der Waals surface area contributed by atoms with Crippen molar-refractivity contribution < 1.29 is 4.42 Å². The first-order chi connectivity index (χ1) is 13.3. The fourth-order valence-corrected chi connectivity index (χ4v) is 4.06. The minimum absolute atomic E-state index is 0.625. The number of aliphatic imine (C=N–C) groups is 1. The Hall–Kier alpha value is -1.79. The van der Waals surface area contributed by atoms with Gasteiger partial charge in [0.15, 0.2) is 5.96 Å². The average molecular weight is 389 g/mol. The van der Waals surface area contributed by atoms with E-state index in [0.717, 1.165) is 44.2 Å². The topological polar surface area (TPSA) is 52.8 Å². The lowest BCUT2D eigenvalue weighted by molar-refractivity contribution is 0.167. The smallest absolute Gasteiger partial charge is 0.191 e. The Kier molecular flexibility index (Phi) is 8.24. The molecule has 0 aromatic carbocycles. The number of thiophene rings is 1. The predicted molar refractivity (Wildman–Crippen MR) is 113 cm³/mol. The van der Waals surface area contributed by atoms with Crippen LogP contribution in [0.15, 0.2) is 45.3 Å². The minimum atomic E-state index is 0.625. The molecule has 1 atom stereocenters. The van der Waals surface area contributed by atoms with Gasteiger partial charge in [0.05, 0.1) is 12.8 Å². The van der Waals surface area contributed by atoms with Crippen LogP contribution in [0.25, 0.3) is 0 Å². The number of hydrogen-bond acceptors (Lipinski definition) is 4. The summed E-state index contributed by atoms with van der Waals surface area (Å²) in [7, 11) is 0. The molecule has 3 heterocycles. The maximum absolute atomic E-state index is 5.41. The van der Waals surface area contributed by atoms with E-state index in [9.17, 15) is 0 Å². The third kappa shape index (κ3) is 7.03. The summed E-state index contributed by atoms with van der Waals surface area (Å²) >= 11 is 1.75. The van der Waals surface area contributed by atoms with E-state index in [-0.39, 0.29) is 0 Å². The Morgan fingerprint density at radius 3 is 2.78 bits per heavy atom. The van der Waals surface area contributed by atoms with Gasteiger partial charge in [-0.2, -0.15) is 0 Å². The lowest BCUT2D eigenvalue weighted by atomic mass is 10.1. The molecule has 0 amide bonds. The first-order valence-electron chi connectivity index (χ1n) is 10.1. The summed E-state index contributed by atoms with van der Waals surface area (Å²) in [6.45, 7) is 7.32. The highest BCUT2D eigenvalue weighted by molar-refractivity contribution is 7.09. The predicted octanol–water partition coefficient (Wildman–Crippen LogP) is 3.88. The summed E-state index contributed by atoms with van der Waals surface area (Å²) in [6.07, 6.45) is 7.80.